The number of carbonyl (C=O) groups excluding carboxylic acids is 1. The van der Waals surface area contributed by atoms with Gasteiger partial charge in [-0.1, -0.05) is 36.4 Å². The fourth-order valence-electron chi connectivity index (χ4n) is 2.05. The maximum Gasteiger partial charge on any atom is 0.225 e. The average Bonchev–Trinajstić information content (AvgIpc) is 2.49. The molecular weight excluding hydrogens is 252 g/mol. The van der Waals surface area contributed by atoms with Gasteiger partial charge in [-0.15, -0.1) is 0 Å². The van der Waals surface area contributed by atoms with Crippen molar-refractivity contribution >= 4 is 5.91 Å². The predicted octanol–water partition coefficient (Wildman–Crippen LogP) is 1.65. The van der Waals surface area contributed by atoms with E-state index in [-0.39, 0.29) is 18.9 Å². The van der Waals surface area contributed by atoms with Crippen molar-refractivity contribution in [1.29, 1.82) is 0 Å². The van der Waals surface area contributed by atoms with Crippen molar-refractivity contribution in [1.82, 2.24) is 10.3 Å². The predicted molar refractivity (Wildman–Crippen MR) is 77.0 cm³/mol. The van der Waals surface area contributed by atoms with E-state index >= 15 is 0 Å². The van der Waals surface area contributed by atoms with E-state index in [0.29, 0.717) is 0 Å². The first-order valence-electron chi connectivity index (χ1n) is 6.50. The lowest BCUT2D eigenvalue weighted by Gasteiger charge is -2.29. The number of hydrogen-bond donors (Lipinski definition) is 2. The summed E-state index contributed by atoms with van der Waals surface area (Å²) in [5.41, 5.74) is 0.945. The van der Waals surface area contributed by atoms with E-state index in [2.05, 4.69) is 10.3 Å². The van der Waals surface area contributed by atoms with Crippen LogP contribution in [-0.4, -0.2) is 22.6 Å². The van der Waals surface area contributed by atoms with Crippen molar-refractivity contribution in [3.05, 3.63) is 66.0 Å². The molecule has 0 aliphatic rings. The highest BCUT2D eigenvalue weighted by Gasteiger charge is 2.27. The second-order valence-electron chi connectivity index (χ2n) is 4.94. The average molecular weight is 270 g/mol. The Balaban J connectivity index is 2.08. The third-order valence-electron chi connectivity index (χ3n) is 3.23. The standard InChI is InChI=1S/C16H18N2O2/c1-16(12-19,14-7-3-2-4-8-14)18-15(20)10-13-6-5-9-17-11-13/h2-9,11,19H,10,12H2,1H3,(H,18,20). The molecule has 2 rings (SSSR count). The van der Waals surface area contributed by atoms with Gasteiger partial charge in [-0.05, 0) is 24.1 Å². The van der Waals surface area contributed by atoms with Crippen molar-refractivity contribution in [3.63, 3.8) is 0 Å². The first-order valence-corrected chi connectivity index (χ1v) is 6.50. The van der Waals surface area contributed by atoms with Crippen LogP contribution in [-0.2, 0) is 16.8 Å². The Kier molecular flexibility index (Phi) is 4.48. The van der Waals surface area contributed by atoms with Crippen LogP contribution in [0.5, 0.6) is 0 Å². The summed E-state index contributed by atoms with van der Waals surface area (Å²) >= 11 is 0. The molecule has 0 spiro atoms. The van der Waals surface area contributed by atoms with E-state index in [9.17, 15) is 9.90 Å². The molecule has 2 aromatic rings. The highest BCUT2D eigenvalue weighted by atomic mass is 16.3. The van der Waals surface area contributed by atoms with E-state index in [4.69, 9.17) is 0 Å². The Labute approximate surface area is 118 Å². The van der Waals surface area contributed by atoms with Crippen molar-refractivity contribution in [2.24, 2.45) is 0 Å². The molecule has 1 unspecified atom stereocenters. The van der Waals surface area contributed by atoms with Crippen LogP contribution in [0.2, 0.25) is 0 Å². The zero-order valence-electron chi connectivity index (χ0n) is 11.4. The van der Waals surface area contributed by atoms with Gasteiger partial charge >= 0.3 is 0 Å². The summed E-state index contributed by atoms with van der Waals surface area (Å²) in [5.74, 6) is -0.140. The van der Waals surface area contributed by atoms with Gasteiger partial charge in [0.25, 0.3) is 0 Å². The van der Waals surface area contributed by atoms with Crippen LogP contribution in [0.4, 0.5) is 0 Å². The van der Waals surface area contributed by atoms with Gasteiger partial charge in [-0.3, -0.25) is 9.78 Å². The van der Waals surface area contributed by atoms with Crippen molar-refractivity contribution in [3.8, 4) is 0 Å². The van der Waals surface area contributed by atoms with Crippen molar-refractivity contribution in [2.75, 3.05) is 6.61 Å². The molecular formula is C16H18N2O2. The number of amides is 1. The minimum atomic E-state index is -0.777. The number of aliphatic hydroxyl groups excluding tert-OH is 1. The molecule has 0 radical (unpaired) electrons. The van der Waals surface area contributed by atoms with Crippen molar-refractivity contribution in [2.45, 2.75) is 18.9 Å². The topological polar surface area (TPSA) is 62.2 Å². The Morgan fingerprint density at radius 1 is 1.25 bits per heavy atom. The van der Waals surface area contributed by atoms with Crippen LogP contribution in [0.3, 0.4) is 0 Å². The van der Waals surface area contributed by atoms with Gasteiger partial charge < -0.3 is 10.4 Å². The Morgan fingerprint density at radius 2 is 2.00 bits per heavy atom. The number of nitrogens with zero attached hydrogens (tertiary/aromatic N) is 1. The van der Waals surface area contributed by atoms with E-state index in [0.717, 1.165) is 11.1 Å². The third-order valence-corrected chi connectivity index (χ3v) is 3.23. The molecule has 0 aliphatic carbocycles. The second kappa shape index (κ2) is 6.30. The van der Waals surface area contributed by atoms with Gasteiger partial charge in [0, 0.05) is 12.4 Å². The SMILES string of the molecule is CC(CO)(NC(=O)Cc1cccnc1)c1ccccc1. The summed E-state index contributed by atoms with van der Waals surface area (Å²) in [7, 11) is 0. The number of carbonyl (C=O) groups is 1. The summed E-state index contributed by atoms with van der Waals surface area (Å²) in [5, 5.41) is 12.5. The highest BCUT2D eigenvalue weighted by Crippen LogP contribution is 2.19. The summed E-state index contributed by atoms with van der Waals surface area (Å²) in [6.07, 6.45) is 3.58. The first kappa shape index (κ1) is 14.2. The van der Waals surface area contributed by atoms with Gasteiger partial charge in [-0.25, -0.2) is 0 Å². The van der Waals surface area contributed by atoms with E-state index in [1.54, 1.807) is 18.5 Å². The maximum absolute atomic E-state index is 12.1. The minimum Gasteiger partial charge on any atom is -0.394 e. The van der Waals surface area contributed by atoms with Gasteiger partial charge in [0.1, 0.15) is 0 Å². The van der Waals surface area contributed by atoms with Gasteiger partial charge in [-0.2, -0.15) is 0 Å². The van der Waals surface area contributed by atoms with Gasteiger partial charge in [0.2, 0.25) is 5.91 Å². The largest absolute Gasteiger partial charge is 0.394 e. The number of hydrogen-bond acceptors (Lipinski definition) is 3. The molecule has 1 amide bonds. The number of aromatic nitrogens is 1. The third kappa shape index (κ3) is 3.42. The summed E-state index contributed by atoms with van der Waals surface area (Å²) < 4.78 is 0. The lowest BCUT2D eigenvalue weighted by atomic mass is 9.92. The smallest absolute Gasteiger partial charge is 0.225 e. The molecule has 4 nitrogen and oxygen atoms in total. The molecule has 0 aliphatic heterocycles. The fraction of sp³-hybridized carbons (Fsp3) is 0.250. The monoisotopic (exact) mass is 270 g/mol. The summed E-state index contributed by atoms with van der Waals surface area (Å²) in [6, 6.07) is 13.1. The summed E-state index contributed by atoms with van der Waals surface area (Å²) in [4.78, 5) is 16.1. The quantitative estimate of drug-likeness (QED) is 0.868. The highest BCUT2D eigenvalue weighted by molar-refractivity contribution is 5.79. The lowest BCUT2D eigenvalue weighted by molar-refractivity contribution is -0.122. The number of rotatable bonds is 5. The first-order chi connectivity index (χ1) is 9.64. The van der Waals surface area contributed by atoms with E-state index in [1.807, 2.05) is 43.3 Å². The molecule has 20 heavy (non-hydrogen) atoms. The molecule has 1 heterocycles. The molecule has 2 N–H and O–H groups in total. The molecule has 0 fully saturated rings. The molecule has 1 atom stereocenters. The maximum atomic E-state index is 12.1. The zero-order chi connectivity index (χ0) is 14.4. The number of nitrogens with one attached hydrogen (secondary N) is 1. The van der Waals surface area contributed by atoms with Gasteiger partial charge in [0.15, 0.2) is 0 Å². The van der Waals surface area contributed by atoms with Gasteiger partial charge in [0.05, 0.1) is 18.6 Å². The van der Waals surface area contributed by atoms with Crippen LogP contribution in [0.25, 0.3) is 0 Å². The number of aliphatic hydroxyl groups is 1. The molecule has 1 aromatic heterocycles. The van der Waals surface area contributed by atoms with Crippen LogP contribution in [0, 0.1) is 0 Å². The molecule has 0 saturated carbocycles. The number of benzene rings is 1. The molecule has 1 aromatic carbocycles. The molecule has 104 valence electrons. The van der Waals surface area contributed by atoms with E-state index < -0.39 is 5.54 Å². The summed E-state index contributed by atoms with van der Waals surface area (Å²) in [6.45, 7) is 1.65. The van der Waals surface area contributed by atoms with Crippen LogP contribution in [0.1, 0.15) is 18.1 Å². The zero-order valence-corrected chi connectivity index (χ0v) is 11.4. The fourth-order valence-corrected chi connectivity index (χ4v) is 2.05. The molecule has 0 bridgehead atoms. The Morgan fingerprint density at radius 3 is 2.60 bits per heavy atom. The van der Waals surface area contributed by atoms with Crippen LogP contribution >= 0.6 is 0 Å². The van der Waals surface area contributed by atoms with E-state index in [1.165, 1.54) is 0 Å². The Hall–Kier alpha value is -2.20. The lowest BCUT2D eigenvalue weighted by Crippen LogP contribution is -2.46. The molecule has 4 heteroatoms. The normalized spacial score (nSPS) is 13.5. The Bertz CT molecular complexity index is 557. The van der Waals surface area contributed by atoms with Crippen LogP contribution in [0.15, 0.2) is 54.9 Å². The van der Waals surface area contributed by atoms with Crippen LogP contribution < -0.4 is 5.32 Å². The number of pyridine rings is 1. The van der Waals surface area contributed by atoms with Crippen molar-refractivity contribution < 1.29 is 9.90 Å². The second-order valence-corrected chi connectivity index (χ2v) is 4.94. The minimum absolute atomic E-state index is 0.140. The molecule has 0 saturated heterocycles.